The summed E-state index contributed by atoms with van der Waals surface area (Å²) in [5, 5.41) is 5.54. The molecule has 15 heteroatoms. The molecule has 2 heterocycles. The molecule has 55 heavy (non-hydrogen) atoms. The lowest BCUT2D eigenvalue weighted by Crippen LogP contribution is -2.44. The molecule has 1 aliphatic carbocycles. The van der Waals surface area contributed by atoms with E-state index in [4.69, 9.17) is 65.3 Å². The Kier molecular flexibility index (Phi) is 14.1. The van der Waals surface area contributed by atoms with E-state index in [9.17, 15) is 9.59 Å². The highest BCUT2D eigenvalue weighted by atomic mass is 35.5. The quantitative estimate of drug-likeness (QED) is 0.161. The predicted octanol–water partition coefficient (Wildman–Crippen LogP) is 11.4. The van der Waals surface area contributed by atoms with Crippen LogP contribution < -0.4 is 15.0 Å². The normalized spacial score (nSPS) is 17.5. The highest BCUT2D eigenvalue weighted by Crippen LogP contribution is 2.43. The van der Waals surface area contributed by atoms with Gasteiger partial charge in [0.25, 0.3) is 0 Å². The second-order valence-electron chi connectivity index (χ2n) is 17.1. The van der Waals surface area contributed by atoms with Crippen LogP contribution in [0.1, 0.15) is 89.8 Å². The highest BCUT2D eigenvalue weighted by Gasteiger charge is 2.39. The van der Waals surface area contributed by atoms with Gasteiger partial charge in [-0.1, -0.05) is 79.3 Å². The molecule has 2 amide bonds. The van der Waals surface area contributed by atoms with Crippen molar-refractivity contribution >= 4 is 83.2 Å². The summed E-state index contributed by atoms with van der Waals surface area (Å²) in [7, 11) is -2.00. The number of amides is 2. The molecule has 0 spiro atoms. The Balaban J connectivity index is 1.26. The van der Waals surface area contributed by atoms with Crippen LogP contribution in [0.2, 0.25) is 38.2 Å². The molecule has 0 radical (unpaired) electrons. The van der Waals surface area contributed by atoms with Crippen LogP contribution in [0.3, 0.4) is 0 Å². The lowest BCUT2D eigenvalue weighted by molar-refractivity contribution is -0.136. The molecule has 9 nitrogen and oxygen atoms in total. The topological polar surface area (TPSA) is 93.2 Å². The van der Waals surface area contributed by atoms with Crippen molar-refractivity contribution in [2.45, 2.75) is 123 Å². The van der Waals surface area contributed by atoms with Gasteiger partial charge in [-0.05, 0) is 94.4 Å². The molecule has 2 aromatic carbocycles. The molecule has 3 aromatic rings. The number of alkyl carbamates (subject to hydrolysis) is 1. The van der Waals surface area contributed by atoms with Crippen molar-refractivity contribution in [3.63, 3.8) is 0 Å². The summed E-state index contributed by atoms with van der Waals surface area (Å²) in [5.41, 5.74) is 1.03. The van der Waals surface area contributed by atoms with E-state index in [1.807, 2.05) is 42.3 Å². The number of rotatable bonds is 14. The van der Waals surface area contributed by atoms with Crippen LogP contribution in [0.4, 0.5) is 9.93 Å². The van der Waals surface area contributed by atoms with Gasteiger partial charge >= 0.3 is 6.09 Å². The van der Waals surface area contributed by atoms with Gasteiger partial charge in [0, 0.05) is 43.2 Å². The van der Waals surface area contributed by atoms with Crippen LogP contribution in [0.5, 0.6) is 5.75 Å². The number of aromatic nitrogens is 1. The van der Waals surface area contributed by atoms with Crippen LogP contribution in [0, 0.1) is 5.92 Å². The van der Waals surface area contributed by atoms with Crippen molar-refractivity contribution in [3.05, 3.63) is 72.6 Å². The van der Waals surface area contributed by atoms with E-state index in [1.54, 1.807) is 26.8 Å². The van der Waals surface area contributed by atoms with Gasteiger partial charge in [0.2, 0.25) is 5.91 Å². The lowest BCUT2D eigenvalue weighted by Gasteiger charge is -2.38. The van der Waals surface area contributed by atoms with Gasteiger partial charge in [-0.25, -0.2) is 9.78 Å². The largest absolute Gasteiger partial charge is 0.485 e. The molecule has 2 fully saturated rings. The molecule has 1 N–H and O–H groups in total. The number of anilines is 1. The molecular weight excluding hydrogens is 818 g/mol. The molecule has 2 aliphatic rings. The molecule has 1 aromatic heterocycles. The first-order valence-electron chi connectivity index (χ1n) is 18.8. The Bertz CT molecular complexity index is 1820. The van der Waals surface area contributed by atoms with E-state index >= 15 is 0 Å². The number of nitrogens with zero attached hydrogens (tertiary/aromatic N) is 3. The maximum atomic E-state index is 14.3. The maximum absolute atomic E-state index is 14.3. The second-order valence-corrected chi connectivity index (χ2v) is 24.6. The number of carbonyl (C=O) groups is 2. The minimum absolute atomic E-state index is 0.0695. The first-order valence-corrected chi connectivity index (χ1v) is 24.1. The zero-order valence-corrected chi connectivity index (χ0v) is 38.1. The SMILES string of the molecule is C[C@H](O[Si](C)(C)C(C)(C)C)c1cc(Cl)c(O[C@@H]2CCN(c3ncc(C[C@@H](CNC(=O)OC(C)(C)C)C(=O)N(Cc4cccc(Cl)c4Cl)C4CC4)s3)C2)c(Cl)c1. The average molecular weight is 873 g/mol. The molecule has 1 saturated heterocycles. The minimum atomic E-state index is -2.00. The van der Waals surface area contributed by atoms with Gasteiger partial charge < -0.3 is 29.0 Å². The van der Waals surface area contributed by atoms with Gasteiger partial charge in [0.05, 0.1) is 38.7 Å². The Morgan fingerprint density at radius 3 is 2.33 bits per heavy atom. The fraction of sp³-hybridized carbons (Fsp3) is 0.575. The predicted molar refractivity (Wildman–Crippen MR) is 228 cm³/mol. The lowest BCUT2D eigenvalue weighted by atomic mass is 10.0. The zero-order valence-electron chi connectivity index (χ0n) is 33.2. The van der Waals surface area contributed by atoms with Crippen molar-refractivity contribution in [2.24, 2.45) is 5.92 Å². The number of hydrogen-bond donors (Lipinski definition) is 1. The van der Waals surface area contributed by atoms with Gasteiger partial charge in [0.1, 0.15) is 11.7 Å². The molecular formula is C40H54Cl4N4O5SSi. The average Bonchev–Trinajstić information content (AvgIpc) is 3.62. The van der Waals surface area contributed by atoms with Crippen molar-refractivity contribution in [1.82, 2.24) is 15.2 Å². The third kappa shape index (κ3) is 11.7. The Morgan fingerprint density at radius 1 is 1.04 bits per heavy atom. The molecule has 0 unspecified atom stereocenters. The number of carbonyl (C=O) groups excluding carboxylic acids is 2. The highest BCUT2D eigenvalue weighted by molar-refractivity contribution is 7.15. The smallest absolute Gasteiger partial charge is 0.407 e. The van der Waals surface area contributed by atoms with E-state index < -0.39 is 25.9 Å². The van der Waals surface area contributed by atoms with E-state index in [0.717, 1.165) is 46.9 Å². The number of halogens is 4. The summed E-state index contributed by atoms with van der Waals surface area (Å²) < 4.78 is 18.5. The molecule has 3 atom stereocenters. The van der Waals surface area contributed by atoms with E-state index in [0.29, 0.717) is 45.4 Å². The van der Waals surface area contributed by atoms with Crippen molar-refractivity contribution in [1.29, 1.82) is 0 Å². The summed E-state index contributed by atoms with van der Waals surface area (Å²) in [6.45, 7) is 20.3. The molecule has 5 rings (SSSR count). The van der Waals surface area contributed by atoms with Crippen molar-refractivity contribution < 1.29 is 23.5 Å². The number of hydrogen-bond acceptors (Lipinski definition) is 8. The fourth-order valence-electron chi connectivity index (χ4n) is 6.19. The first kappa shape index (κ1) is 43.9. The summed E-state index contributed by atoms with van der Waals surface area (Å²) in [5.74, 6) is -0.160. The number of ether oxygens (including phenoxy) is 2. The van der Waals surface area contributed by atoms with Crippen LogP contribution in [0.15, 0.2) is 36.5 Å². The van der Waals surface area contributed by atoms with E-state index in [1.165, 1.54) is 11.3 Å². The third-order valence-electron chi connectivity index (χ3n) is 10.3. The van der Waals surface area contributed by atoms with Crippen LogP contribution >= 0.6 is 57.7 Å². The summed E-state index contributed by atoms with van der Waals surface area (Å²) in [6, 6.07) is 9.33. The summed E-state index contributed by atoms with van der Waals surface area (Å²) >= 11 is 27.9. The molecule has 0 bridgehead atoms. The van der Waals surface area contributed by atoms with Gasteiger partial charge in [-0.15, -0.1) is 11.3 Å². The third-order valence-corrected chi connectivity index (χ3v) is 17.4. The van der Waals surface area contributed by atoms with Crippen molar-refractivity contribution in [3.8, 4) is 5.75 Å². The Morgan fingerprint density at radius 2 is 1.71 bits per heavy atom. The van der Waals surface area contributed by atoms with Gasteiger partial charge in [-0.3, -0.25) is 4.79 Å². The van der Waals surface area contributed by atoms with E-state index in [2.05, 4.69) is 44.1 Å². The Hall–Kier alpha value is -2.25. The van der Waals surface area contributed by atoms with Crippen molar-refractivity contribution in [2.75, 3.05) is 24.5 Å². The van der Waals surface area contributed by atoms with Gasteiger partial charge in [0.15, 0.2) is 19.2 Å². The number of benzene rings is 2. The second kappa shape index (κ2) is 17.7. The van der Waals surface area contributed by atoms with Crippen LogP contribution in [0.25, 0.3) is 0 Å². The Labute approximate surface area is 351 Å². The van der Waals surface area contributed by atoms with Crippen LogP contribution in [-0.4, -0.2) is 67.6 Å². The monoisotopic (exact) mass is 870 g/mol. The molecule has 302 valence electrons. The standard InChI is InChI=1S/C40H54Cl4N4O5SSi/c1-24(53-55(8,9)40(5,6)7)26-18-32(42)35(33(43)19-26)51-29-15-16-47(23-29)37-45-21-30(54-37)17-27(20-46-38(50)52-39(2,3)4)36(49)48(28-13-14-28)22-25-11-10-12-31(41)34(25)44/h10-12,18-19,21,24,27-29H,13-17,20,22-23H2,1-9H3,(H,46,50)/t24-,27-,29+/m0/s1. The summed E-state index contributed by atoms with van der Waals surface area (Å²) in [4.78, 5) is 36.7. The number of nitrogens with one attached hydrogen (secondary N) is 1. The zero-order chi connectivity index (χ0) is 40.5. The maximum Gasteiger partial charge on any atom is 0.407 e. The first-order chi connectivity index (χ1) is 25.6. The minimum Gasteiger partial charge on any atom is -0.485 e. The summed E-state index contributed by atoms with van der Waals surface area (Å²) in [6.07, 6.45) is 3.90. The van der Waals surface area contributed by atoms with Gasteiger partial charge in [-0.2, -0.15) is 0 Å². The number of thiazole rings is 1. The van der Waals surface area contributed by atoms with E-state index in [-0.39, 0.29) is 35.7 Å². The molecule has 1 saturated carbocycles. The molecule has 1 aliphatic heterocycles. The van der Waals surface area contributed by atoms with Crippen LogP contribution in [-0.2, 0) is 26.9 Å². The fourth-order valence-corrected chi connectivity index (χ4v) is 9.56.